The minimum absolute atomic E-state index is 0.0650. The molecule has 2 N–H and O–H groups in total. The van der Waals surface area contributed by atoms with E-state index < -0.39 is 0 Å². The maximum Gasteiger partial charge on any atom is 0.324 e. The summed E-state index contributed by atoms with van der Waals surface area (Å²) >= 11 is 0. The van der Waals surface area contributed by atoms with E-state index in [-0.39, 0.29) is 18.0 Å². The summed E-state index contributed by atoms with van der Waals surface area (Å²) in [5, 5.41) is 8.25. The van der Waals surface area contributed by atoms with Gasteiger partial charge in [-0.05, 0) is 0 Å². The standard InChI is InChI=1S/C6H9N5O3/c1-13-5-9-4(7-3-8-12)10-6(11-5)14-2/h3,12H,1-2H3,(H,7,8,9,10,11). The Morgan fingerprint density at radius 1 is 1.21 bits per heavy atom. The molecule has 0 spiro atoms. The predicted molar refractivity (Wildman–Crippen MR) is 46.0 cm³/mol. The molecule has 76 valence electrons. The van der Waals surface area contributed by atoms with Crippen molar-refractivity contribution in [1.82, 2.24) is 20.4 Å². The Hall–Kier alpha value is -1.96. The summed E-state index contributed by atoms with van der Waals surface area (Å²) in [5.74, 6) is 0.0650. The number of aliphatic imine (C=N–C) groups is 1. The minimum Gasteiger partial charge on any atom is -0.467 e. The fourth-order valence-corrected chi connectivity index (χ4v) is 0.655. The second-order valence-electron chi connectivity index (χ2n) is 2.00. The van der Waals surface area contributed by atoms with Crippen molar-refractivity contribution in [2.75, 3.05) is 14.2 Å². The highest BCUT2D eigenvalue weighted by atomic mass is 16.5. The highest BCUT2D eigenvalue weighted by molar-refractivity contribution is 5.56. The quantitative estimate of drug-likeness (QED) is 0.384. The van der Waals surface area contributed by atoms with E-state index in [9.17, 15) is 0 Å². The molecule has 0 atom stereocenters. The molecule has 0 saturated carbocycles. The SMILES string of the molecule is COc1nc(/N=C/NO)nc(OC)n1. The summed E-state index contributed by atoms with van der Waals surface area (Å²) in [7, 11) is 2.82. The molecule has 0 aliphatic heterocycles. The molecule has 0 bridgehead atoms. The Bertz CT molecular complexity index is 307. The smallest absolute Gasteiger partial charge is 0.324 e. The zero-order chi connectivity index (χ0) is 10.4. The fourth-order valence-electron chi connectivity index (χ4n) is 0.655. The third-order valence-electron chi connectivity index (χ3n) is 1.19. The number of ether oxygens (including phenoxy) is 2. The zero-order valence-electron chi connectivity index (χ0n) is 7.63. The van der Waals surface area contributed by atoms with Crippen LogP contribution in [0.1, 0.15) is 0 Å². The monoisotopic (exact) mass is 199 g/mol. The van der Waals surface area contributed by atoms with Gasteiger partial charge in [-0.15, -0.1) is 4.98 Å². The van der Waals surface area contributed by atoms with E-state index >= 15 is 0 Å². The van der Waals surface area contributed by atoms with Crippen LogP contribution in [0.2, 0.25) is 0 Å². The first-order valence-corrected chi connectivity index (χ1v) is 3.56. The van der Waals surface area contributed by atoms with Gasteiger partial charge < -0.3 is 9.47 Å². The van der Waals surface area contributed by atoms with E-state index in [4.69, 9.17) is 14.7 Å². The van der Waals surface area contributed by atoms with Crippen molar-refractivity contribution in [3.05, 3.63) is 0 Å². The van der Waals surface area contributed by atoms with Crippen molar-refractivity contribution in [1.29, 1.82) is 0 Å². The lowest BCUT2D eigenvalue weighted by atomic mass is 10.9. The van der Waals surface area contributed by atoms with Crippen LogP contribution in [-0.2, 0) is 0 Å². The van der Waals surface area contributed by atoms with E-state index in [1.807, 2.05) is 0 Å². The van der Waals surface area contributed by atoms with E-state index in [2.05, 4.69) is 19.9 Å². The first kappa shape index (κ1) is 10.1. The summed E-state index contributed by atoms with van der Waals surface area (Å²) < 4.78 is 9.56. The largest absolute Gasteiger partial charge is 0.467 e. The van der Waals surface area contributed by atoms with Crippen molar-refractivity contribution in [3.8, 4) is 12.0 Å². The normalized spacial score (nSPS) is 10.2. The maximum absolute atomic E-state index is 8.25. The van der Waals surface area contributed by atoms with Gasteiger partial charge in [-0.25, -0.2) is 0 Å². The third-order valence-corrected chi connectivity index (χ3v) is 1.19. The predicted octanol–water partition coefficient (Wildman–Crippen LogP) is -0.473. The number of hydrogen-bond donors (Lipinski definition) is 2. The molecule has 0 radical (unpaired) electrons. The van der Waals surface area contributed by atoms with Crippen molar-refractivity contribution in [2.24, 2.45) is 4.99 Å². The Labute approximate surface area is 79.6 Å². The topological polar surface area (TPSA) is 102 Å². The van der Waals surface area contributed by atoms with Crippen LogP contribution in [0.4, 0.5) is 5.95 Å². The second kappa shape index (κ2) is 4.92. The molecule has 0 aliphatic carbocycles. The Kier molecular flexibility index (Phi) is 3.56. The molecule has 0 saturated heterocycles. The van der Waals surface area contributed by atoms with Gasteiger partial charge in [0.05, 0.1) is 14.2 Å². The highest BCUT2D eigenvalue weighted by Crippen LogP contribution is 2.13. The van der Waals surface area contributed by atoms with Crippen LogP contribution in [-0.4, -0.2) is 40.7 Å². The van der Waals surface area contributed by atoms with E-state index in [1.54, 1.807) is 5.48 Å². The van der Waals surface area contributed by atoms with Crippen LogP contribution in [0.15, 0.2) is 4.99 Å². The van der Waals surface area contributed by atoms with Gasteiger partial charge in [0, 0.05) is 0 Å². The average molecular weight is 199 g/mol. The van der Waals surface area contributed by atoms with Gasteiger partial charge in [-0.2, -0.15) is 15.0 Å². The van der Waals surface area contributed by atoms with E-state index in [0.717, 1.165) is 6.34 Å². The second-order valence-corrected chi connectivity index (χ2v) is 2.00. The van der Waals surface area contributed by atoms with Gasteiger partial charge in [-0.1, -0.05) is 0 Å². The number of aromatic nitrogens is 3. The van der Waals surface area contributed by atoms with Crippen LogP contribution in [0.5, 0.6) is 12.0 Å². The molecule has 0 unspecified atom stereocenters. The number of nitrogens with one attached hydrogen (secondary N) is 1. The molecule has 0 aromatic carbocycles. The average Bonchev–Trinajstić information content (AvgIpc) is 2.25. The molecule has 1 rings (SSSR count). The molecule has 0 aliphatic rings. The highest BCUT2D eigenvalue weighted by Gasteiger charge is 2.04. The molecule has 1 heterocycles. The summed E-state index contributed by atoms with van der Waals surface area (Å²) in [6.45, 7) is 0. The van der Waals surface area contributed by atoms with Crippen molar-refractivity contribution < 1.29 is 14.7 Å². The Balaban J connectivity index is 2.98. The van der Waals surface area contributed by atoms with Gasteiger partial charge in [0.25, 0.3) is 5.95 Å². The Morgan fingerprint density at radius 2 is 1.79 bits per heavy atom. The van der Waals surface area contributed by atoms with Crippen LogP contribution in [0, 0.1) is 0 Å². The molecule has 8 heteroatoms. The molecule has 1 aromatic rings. The number of hydrogen-bond acceptors (Lipinski definition) is 7. The third kappa shape index (κ3) is 2.52. The first-order valence-electron chi connectivity index (χ1n) is 3.56. The van der Waals surface area contributed by atoms with Gasteiger partial charge in [0.1, 0.15) is 6.34 Å². The molecular formula is C6H9N5O3. The Morgan fingerprint density at radius 3 is 2.21 bits per heavy atom. The number of rotatable bonds is 4. The van der Waals surface area contributed by atoms with Gasteiger partial charge in [-0.3, -0.25) is 10.7 Å². The lowest BCUT2D eigenvalue weighted by molar-refractivity contribution is 0.240. The van der Waals surface area contributed by atoms with Crippen molar-refractivity contribution in [3.63, 3.8) is 0 Å². The number of nitrogens with zero attached hydrogens (tertiary/aromatic N) is 4. The fraction of sp³-hybridized carbons (Fsp3) is 0.333. The van der Waals surface area contributed by atoms with E-state index in [0.29, 0.717) is 0 Å². The van der Waals surface area contributed by atoms with Gasteiger partial charge in [0.15, 0.2) is 0 Å². The molecule has 14 heavy (non-hydrogen) atoms. The van der Waals surface area contributed by atoms with Crippen molar-refractivity contribution >= 4 is 12.3 Å². The summed E-state index contributed by atoms with van der Waals surface area (Å²) in [6.07, 6.45) is 1.01. The molecule has 8 nitrogen and oxygen atoms in total. The van der Waals surface area contributed by atoms with Crippen LogP contribution < -0.4 is 15.0 Å². The maximum atomic E-state index is 8.25. The summed E-state index contributed by atoms with van der Waals surface area (Å²) in [6, 6.07) is 0.170. The zero-order valence-corrected chi connectivity index (χ0v) is 7.63. The van der Waals surface area contributed by atoms with Gasteiger partial charge >= 0.3 is 12.0 Å². The minimum atomic E-state index is 0.0650. The van der Waals surface area contributed by atoms with Crippen LogP contribution >= 0.6 is 0 Å². The molecular weight excluding hydrogens is 190 g/mol. The summed E-state index contributed by atoms with van der Waals surface area (Å²) in [4.78, 5) is 14.9. The summed E-state index contributed by atoms with van der Waals surface area (Å²) in [5.41, 5.74) is 1.72. The number of methoxy groups -OCH3 is 2. The number of hydroxylamine groups is 1. The van der Waals surface area contributed by atoms with Crippen LogP contribution in [0.3, 0.4) is 0 Å². The lowest BCUT2D eigenvalue weighted by Gasteiger charge is -2.00. The first-order chi connectivity index (χ1) is 6.80. The van der Waals surface area contributed by atoms with Gasteiger partial charge in [0.2, 0.25) is 0 Å². The lowest BCUT2D eigenvalue weighted by Crippen LogP contribution is -2.03. The van der Waals surface area contributed by atoms with Crippen molar-refractivity contribution in [2.45, 2.75) is 0 Å². The van der Waals surface area contributed by atoms with Crippen LogP contribution in [0.25, 0.3) is 0 Å². The molecule has 1 aromatic heterocycles. The molecule has 0 amide bonds. The van der Waals surface area contributed by atoms with E-state index in [1.165, 1.54) is 14.2 Å². The molecule has 0 fully saturated rings.